The predicted molar refractivity (Wildman–Crippen MR) is 60.7 cm³/mol. The molecule has 0 aromatic heterocycles. The van der Waals surface area contributed by atoms with E-state index in [0.717, 1.165) is 17.9 Å². The van der Waals surface area contributed by atoms with Gasteiger partial charge in [0.1, 0.15) is 0 Å². The molecule has 1 fully saturated rings. The Bertz CT molecular complexity index is 377. The molecule has 0 bridgehead atoms. The van der Waals surface area contributed by atoms with Gasteiger partial charge in [-0.3, -0.25) is 4.79 Å². The van der Waals surface area contributed by atoms with Crippen molar-refractivity contribution in [3.05, 3.63) is 24.3 Å². The second-order valence-electron chi connectivity index (χ2n) is 3.31. The Kier molecular flexibility index (Phi) is 3.01. The van der Waals surface area contributed by atoms with Gasteiger partial charge in [0.05, 0.1) is 11.7 Å². The van der Waals surface area contributed by atoms with Crippen LogP contribution in [0.2, 0.25) is 0 Å². The Balaban J connectivity index is 2.04. The summed E-state index contributed by atoms with van der Waals surface area (Å²) in [5.41, 5.74) is 8.34. The molecule has 0 radical (unpaired) electrons. The minimum absolute atomic E-state index is 0.0613. The Morgan fingerprint density at radius 3 is 2.67 bits per heavy atom. The molecule has 4 nitrogen and oxygen atoms in total. The predicted octanol–water partition coefficient (Wildman–Crippen LogP) is 2.79. The number of rotatable bonds is 3. The number of benzene rings is 1. The summed E-state index contributed by atoms with van der Waals surface area (Å²) in [6, 6.07) is 7.12. The van der Waals surface area contributed by atoms with E-state index in [1.807, 2.05) is 12.1 Å². The molecular formula is C10H11N3OS. The van der Waals surface area contributed by atoms with Gasteiger partial charge in [0, 0.05) is 11.4 Å². The smallest absolute Gasteiger partial charge is 0.211 e. The third kappa shape index (κ3) is 2.36. The molecule has 0 saturated carbocycles. The van der Waals surface area contributed by atoms with Crippen LogP contribution in [-0.4, -0.2) is 16.9 Å². The fourth-order valence-electron chi connectivity index (χ4n) is 1.46. The molecular weight excluding hydrogens is 210 g/mol. The molecule has 5 heteroatoms. The van der Waals surface area contributed by atoms with Crippen molar-refractivity contribution >= 4 is 28.3 Å². The average Bonchev–Trinajstić information content (AvgIpc) is 2.66. The summed E-state index contributed by atoms with van der Waals surface area (Å²) in [7, 11) is 0. The maximum atomic E-state index is 11.4. The number of carbonyl (C=O) groups excluding carboxylic acids is 1. The van der Waals surface area contributed by atoms with Gasteiger partial charge in [0.2, 0.25) is 5.12 Å². The van der Waals surface area contributed by atoms with Gasteiger partial charge in [-0.25, -0.2) is 5.53 Å². The van der Waals surface area contributed by atoms with Crippen LogP contribution >= 0.6 is 11.8 Å². The Hall–Kier alpha value is -1.36. The number of anilines is 1. The van der Waals surface area contributed by atoms with Gasteiger partial charge in [0.25, 0.3) is 0 Å². The molecule has 1 aliphatic rings. The van der Waals surface area contributed by atoms with E-state index in [9.17, 15) is 4.79 Å². The first-order valence-electron chi connectivity index (χ1n) is 4.70. The number of nitrogens with zero attached hydrogens (tertiary/aromatic N) is 1. The summed E-state index contributed by atoms with van der Waals surface area (Å²) >= 11 is 1.38. The van der Waals surface area contributed by atoms with Crippen LogP contribution in [0.4, 0.5) is 11.4 Å². The molecule has 2 N–H and O–H groups in total. The largest absolute Gasteiger partial charge is 0.374 e. The zero-order chi connectivity index (χ0) is 10.7. The quantitative estimate of drug-likeness (QED) is 0.771. The van der Waals surface area contributed by atoms with E-state index >= 15 is 0 Å². The van der Waals surface area contributed by atoms with Crippen LogP contribution in [0.5, 0.6) is 0 Å². The van der Waals surface area contributed by atoms with E-state index in [4.69, 9.17) is 5.53 Å². The molecule has 15 heavy (non-hydrogen) atoms. The highest BCUT2D eigenvalue weighted by Gasteiger charge is 2.24. The molecule has 1 atom stereocenters. The highest BCUT2D eigenvalue weighted by molar-refractivity contribution is 8.14. The summed E-state index contributed by atoms with van der Waals surface area (Å²) in [4.78, 5) is 11.4. The van der Waals surface area contributed by atoms with E-state index in [2.05, 4.69) is 10.4 Å². The fourth-order valence-corrected chi connectivity index (χ4v) is 2.39. The number of hydrogen-bond acceptors (Lipinski definition) is 5. The van der Waals surface area contributed by atoms with Gasteiger partial charge in [-0.2, -0.15) is 5.11 Å². The fraction of sp³-hybridized carbons (Fsp3) is 0.300. The van der Waals surface area contributed by atoms with Crippen LogP contribution in [0.15, 0.2) is 29.4 Å². The van der Waals surface area contributed by atoms with E-state index in [0.29, 0.717) is 5.69 Å². The first-order chi connectivity index (χ1) is 7.29. The van der Waals surface area contributed by atoms with Crippen LogP contribution in [0.1, 0.15) is 6.42 Å². The van der Waals surface area contributed by atoms with Crippen LogP contribution < -0.4 is 5.32 Å². The lowest BCUT2D eigenvalue weighted by molar-refractivity contribution is -0.111. The highest BCUT2D eigenvalue weighted by atomic mass is 32.2. The van der Waals surface area contributed by atoms with Crippen molar-refractivity contribution < 1.29 is 4.79 Å². The molecule has 1 aromatic carbocycles. The van der Waals surface area contributed by atoms with Crippen molar-refractivity contribution in [2.45, 2.75) is 12.5 Å². The van der Waals surface area contributed by atoms with E-state index in [-0.39, 0.29) is 11.2 Å². The van der Waals surface area contributed by atoms with Gasteiger partial charge in [-0.15, -0.1) is 0 Å². The minimum atomic E-state index is -0.0613. The highest BCUT2D eigenvalue weighted by Crippen LogP contribution is 2.24. The second-order valence-corrected chi connectivity index (χ2v) is 4.41. The van der Waals surface area contributed by atoms with Gasteiger partial charge in [-0.1, -0.05) is 11.8 Å². The SMILES string of the molecule is N=Nc1ccc(NC2CCSC2=O)cc1. The molecule has 1 heterocycles. The summed E-state index contributed by atoms with van der Waals surface area (Å²) in [5, 5.41) is 6.69. The molecule has 1 aliphatic heterocycles. The maximum absolute atomic E-state index is 11.4. The van der Waals surface area contributed by atoms with Gasteiger partial charge < -0.3 is 5.32 Å². The standard InChI is InChI=1S/C10H11N3OS/c11-13-8-3-1-7(2-4-8)12-9-5-6-15-10(9)14/h1-4,9,11-12H,5-6H2. The van der Waals surface area contributed by atoms with Crippen molar-refractivity contribution in [3.63, 3.8) is 0 Å². The first kappa shape index (κ1) is 10.2. The summed E-state index contributed by atoms with van der Waals surface area (Å²) in [6.07, 6.45) is 0.883. The first-order valence-corrected chi connectivity index (χ1v) is 5.69. The Morgan fingerprint density at radius 1 is 1.40 bits per heavy atom. The molecule has 0 amide bonds. The normalized spacial score (nSPS) is 20.3. The average molecular weight is 221 g/mol. The molecule has 1 aromatic rings. The molecule has 2 rings (SSSR count). The summed E-state index contributed by atoms with van der Waals surface area (Å²) in [5.74, 6) is 0.899. The number of nitrogens with one attached hydrogen (secondary N) is 2. The topological polar surface area (TPSA) is 65.3 Å². The number of carbonyl (C=O) groups is 1. The Morgan fingerprint density at radius 2 is 2.13 bits per heavy atom. The zero-order valence-electron chi connectivity index (χ0n) is 8.06. The summed E-state index contributed by atoms with van der Waals surface area (Å²) in [6.45, 7) is 0. The molecule has 78 valence electrons. The Labute approximate surface area is 92.0 Å². The molecule has 1 unspecified atom stereocenters. The maximum Gasteiger partial charge on any atom is 0.211 e. The molecule has 0 spiro atoms. The van der Waals surface area contributed by atoms with Crippen molar-refractivity contribution in [3.8, 4) is 0 Å². The third-order valence-corrected chi connectivity index (χ3v) is 3.28. The van der Waals surface area contributed by atoms with Crippen LogP contribution in [-0.2, 0) is 4.79 Å². The summed E-state index contributed by atoms with van der Waals surface area (Å²) < 4.78 is 0. The van der Waals surface area contributed by atoms with E-state index in [1.54, 1.807) is 12.1 Å². The van der Waals surface area contributed by atoms with E-state index < -0.39 is 0 Å². The van der Waals surface area contributed by atoms with Gasteiger partial charge >= 0.3 is 0 Å². The van der Waals surface area contributed by atoms with Crippen LogP contribution in [0, 0.1) is 5.53 Å². The van der Waals surface area contributed by atoms with Crippen molar-refractivity contribution in [1.82, 2.24) is 0 Å². The molecule has 1 saturated heterocycles. The van der Waals surface area contributed by atoms with Crippen molar-refractivity contribution in [2.75, 3.05) is 11.1 Å². The van der Waals surface area contributed by atoms with E-state index in [1.165, 1.54) is 11.8 Å². The lowest BCUT2D eigenvalue weighted by Crippen LogP contribution is -2.22. The van der Waals surface area contributed by atoms with Crippen molar-refractivity contribution in [1.29, 1.82) is 5.53 Å². The molecule has 0 aliphatic carbocycles. The third-order valence-electron chi connectivity index (χ3n) is 2.27. The van der Waals surface area contributed by atoms with Gasteiger partial charge in [0.15, 0.2) is 0 Å². The number of thioether (sulfide) groups is 1. The van der Waals surface area contributed by atoms with Crippen LogP contribution in [0.25, 0.3) is 0 Å². The zero-order valence-corrected chi connectivity index (χ0v) is 8.88. The second kappa shape index (κ2) is 4.44. The minimum Gasteiger partial charge on any atom is -0.374 e. The van der Waals surface area contributed by atoms with Crippen LogP contribution in [0.3, 0.4) is 0 Å². The van der Waals surface area contributed by atoms with Gasteiger partial charge in [-0.05, 0) is 30.7 Å². The monoisotopic (exact) mass is 221 g/mol. The van der Waals surface area contributed by atoms with Crippen molar-refractivity contribution in [2.24, 2.45) is 5.11 Å². The lowest BCUT2D eigenvalue weighted by Gasteiger charge is -2.11. The lowest BCUT2D eigenvalue weighted by atomic mass is 10.2. The number of hydrogen-bond donors (Lipinski definition) is 2.